The van der Waals surface area contributed by atoms with Crippen LogP contribution in [0, 0.1) is 5.41 Å². The van der Waals surface area contributed by atoms with Gasteiger partial charge >= 0.3 is 11.9 Å². The van der Waals surface area contributed by atoms with Gasteiger partial charge in [-0.1, -0.05) is 70.0 Å². The van der Waals surface area contributed by atoms with Crippen LogP contribution in [0.2, 0.25) is 0 Å². The lowest BCUT2D eigenvalue weighted by atomic mass is 9.82. The number of esters is 2. The lowest BCUT2D eigenvalue weighted by Crippen LogP contribution is -2.41. The molecule has 0 saturated heterocycles. The van der Waals surface area contributed by atoms with Gasteiger partial charge < -0.3 is 9.47 Å². The number of benzene rings is 2. The van der Waals surface area contributed by atoms with E-state index in [0.29, 0.717) is 12.8 Å². The number of rotatable bonds is 8. The molecule has 0 aliphatic carbocycles. The summed E-state index contributed by atoms with van der Waals surface area (Å²) >= 11 is 6.74. The van der Waals surface area contributed by atoms with E-state index in [9.17, 15) is 9.59 Å². The van der Waals surface area contributed by atoms with Crippen LogP contribution in [0.1, 0.15) is 37.8 Å². The zero-order chi connectivity index (χ0) is 19.9. The first-order chi connectivity index (χ1) is 12.9. The van der Waals surface area contributed by atoms with Gasteiger partial charge in [-0.05, 0) is 48.2 Å². The van der Waals surface area contributed by atoms with Crippen LogP contribution in [0.3, 0.4) is 0 Å². The van der Waals surface area contributed by atoms with Crippen molar-refractivity contribution in [1.29, 1.82) is 0 Å². The summed E-state index contributed by atoms with van der Waals surface area (Å²) in [5.41, 5.74) is 0.428. The average Bonchev–Trinajstić information content (AvgIpc) is 2.68. The largest absolute Gasteiger partial charge is 0.460 e. The molecular formula is C21H22Br2O4. The molecule has 0 aromatic heterocycles. The van der Waals surface area contributed by atoms with Gasteiger partial charge in [-0.3, -0.25) is 9.59 Å². The molecule has 4 nitrogen and oxygen atoms in total. The van der Waals surface area contributed by atoms with Crippen molar-refractivity contribution in [2.24, 2.45) is 5.41 Å². The molecule has 2 aromatic rings. The van der Waals surface area contributed by atoms with E-state index < -0.39 is 17.4 Å². The Morgan fingerprint density at radius 1 is 0.741 bits per heavy atom. The van der Waals surface area contributed by atoms with Crippen molar-refractivity contribution in [3.63, 3.8) is 0 Å². The predicted molar refractivity (Wildman–Crippen MR) is 111 cm³/mol. The van der Waals surface area contributed by atoms with E-state index in [-0.39, 0.29) is 13.2 Å². The van der Waals surface area contributed by atoms with E-state index in [1.165, 1.54) is 0 Å². The van der Waals surface area contributed by atoms with Gasteiger partial charge in [-0.15, -0.1) is 0 Å². The first-order valence-corrected chi connectivity index (χ1v) is 10.3. The minimum atomic E-state index is -1.29. The maximum atomic E-state index is 12.7. The van der Waals surface area contributed by atoms with Gasteiger partial charge in [0.15, 0.2) is 5.41 Å². The van der Waals surface area contributed by atoms with Crippen molar-refractivity contribution >= 4 is 43.8 Å². The fourth-order valence-electron chi connectivity index (χ4n) is 2.65. The highest BCUT2D eigenvalue weighted by molar-refractivity contribution is 9.10. The first-order valence-electron chi connectivity index (χ1n) is 8.74. The van der Waals surface area contributed by atoms with Crippen molar-refractivity contribution in [3.8, 4) is 0 Å². The summed E-state index contributed by atoms with van der Waals surface area (Å²) in [6.07, 6.45) is 0.643. The molecule has 2 rings (SSSR count). The number of hydrogen-bond donors (Lipinski definition) is 0. The molecule has 0 aliphatic heterocycles. The third-order valence-corrected chi connectivity index (χ3v) is 5.61. The minimum Gasteiger partial charge on any atom is -0.460 e. The van der Waals surface area contributed by atoms with E-state index in [1.807, 2.05) is 48.5 Å². The fourth-order valence-corrected chi connectivity index (χ4v) is 3.17. The summed E-state index contributed by atoms with van der Waals surface area (Å²) in [5, 5.41) is 0. The van der Waals surface area contributed by atoms with Crippen LogP contribution in [-0.2, 0) is 32.3 Å². The maximum Gasteiger partial charge on any atom is 0.323 e. The van der Waals surface area contributed by atoms with Crippen molar-refractivity contribution in [3.05, 3.63) is 68.6 Å². The third-order valence-electron chi connectivity index (χ3n) is 4.55. The molecule has 0 saturated carbocycles. The van der Waals surface area contributed by atoms with E-state index >= 15 is 0 Å². The van der Waals surface area contributed by atoms with Gasteiger partial charge in [0, 0.05) is 8.95 Å². The van der Waals surface area contributed by atoms with E-state index in [0.717, 1.165) is 20.1 Å². The zero-order valence-electron chi connectivity index (χ0n) is 15.3. The Balaban J connectivity index is 2.02. The summed E-state index contributed by atoms with van der Waals surface area (Å²) in [5.74, 6) is -1.09. The Hall–Kier alpha value is -1.66. The van der Waals surface area contributed by atoms with Crippen LogP contribution < -0.4 is 0 Å². The van der Waals surface area contributed by atoms with Crippen LogP contribution >= 0.6 is 31.9 Å². The zero-order valence-corrected chi connectivity index (χ0v) is 18.5. The van der Waals surface area contributed by atoms with Gasteiger partial charge in [0.2, 0.25) is 0 Å². The Labute approximate surface area is 176 Å². The average molecular weight is 498 g/mol. The predicted octanol–water partition coefficient (Wildman–Crippen LogP) is 5.80. The first kappa shape index (κ1) is 21.6. The minimum absolute atomic E-state index is 0.119. The Bertz CT molecular complexity index is 702. The summed E-state index contributed by atoms with van der Waals surface area (Å²) < 4.78 is 12.8. The SMILES string of the molecule is CCC(CC)(C(=O)OCc1ccc(Br)cc1)C(=O)OCc1ccc(Br)cc1. The van der Waals surface area contributed by atoms with Gasteiger partial charge in [-0.2, -0.15) is 0 Å². The Morgan fingerprint density at radius 3 is 1.37 bits per heavy atom. The topological polar surface area (TPSA) is 52.6 Å². The molecule has 0 spiro atoms. The molecule has 0 unspecified atom stereocenters. The van der Waals surface area contributed by atoms with Gasteiger partial charge in [-0.25, -0.2) is 0 Å². The molecule has 2 aromatic carbocycles. The summed E-state index contributed by atoms with van der Waals surface area (Å²) in [7, 11) is 0. The molecule has 0 aliphatic rings. The van der Waals surface area contributed by atoms with Crippen LogP contribution in [0.25, 0.3) is 0 Å². The highest BCUT2D eigenvalue weighted by Crippen LogP contribution is 2.31. The normalized spacial score (nSPS) is 11.1. The maximum absolute atomic E-state index is 12.7. The number of carbonyl (C=O) groups excluding carboxylic acids is 2. The molecule has 6 heteroatoms. The monoisotopic (exact) mass is 496 g/mol. The van der Waals surface area contributed by atoms with Crippen LogP contribution in [-0.4, -0.2) is 11.9 Å². The molecule has 0 amide bonds. The lowest BCUT2D eigenvalue weighted by Gasteiger charge is -2.27. The van der Waals surface area contributed by atoms with Crippen molar-refractivity contribution < 1.29 is 19.1 Å². The highest BCUT2D eigenvalue weighted by atomic mass is 79.9. The smallest absolute Gasteiger partial charge is 0.323 e. The molecular weight excluding hydrogens is 476 g/mol. The second kappa shape index (κ2) is 10.0. The number of ether oxygens (including phenoxy) is 2. The Morgan fingerprint density at radius 2 is 1.07 bits per heavy atom. The Kier molecular flexibility index (Phi) is 8.05. The van der Waals surface area contributed by atoms with Crippen LogP contribution in [0.5, 0.6) is 0 Å². The third kappa shape index (κ3) is 5.66. The fraction of sp³-hybridized carbons (Fsp3) is 0.333. The molecule has 0 atom stereocenters. The van der Waals surface area contributed by atoms with E-state index in [2.05, 4.69) is 31.9 Å². The summed E-state index contributed by atoms with van der Waals surface area (Å²) in [4.78, 5) is 25.5. The molecule has 0 fully saturated rings. The van der Waals surface area contributed by atoms with Crippen LogP contribution in [0.15, 0.2) is 57.5 Å². The molecule has 0 N–H and O–H groups in total. The second-order valence-corrected chi connectivity index (χ2v) is 8.03. The number of halogens is 2. The van der Waals surface area contributed by atoms with Gasteiger partial charge in [0.1, 0.15) is 13.2 Å². The van der Waals surface area contributed by atoms with Gasteiger partial charge in [0.25, 0.3) is 0 Å². The van der Waals surface area contributed by atoms with Crippen molar-refractivity contribution in [1.82, 2.24) is 0 Å². The lowest BCUT2D eigenvalue weighted by molar-refractivity contribution is -0.175. The summed E-state index contributed by atoms with van der Waals surface area (Å²) in [6, 6.07) is 15.0. The van der Waals surface area contributed by atoms with E-state index in [4.69, 9.17) is 9.47 Å². The molecule has 0 heterocycles. The second-order valence-electron chi connectivity index (χ2n) is 6.19. The van der Waals surface area contributed by atoms with Crippen molar-refractivity contribution in [2.45, 2.75) is 39.9 Å². The highest BCUT2D eigenvalue weighted by Gasteiger charge is 2.46. The van der Waals surface area contributed by atoms with Gasteiger partial charge in [0.05, 0.1) is 0 Å². The van der Waals surface area contributed by atoms with E-state index in [1.54, 1.807) is 13.8 Å². The quantitative estimate of drug-likeness (QED) is 0.341. The van der Waals surface area contributed by atoms with Crippen molar-refractivity contribution in [2.75, 3.05) is 0 Å². The number of hydrogen-bond acceptors (Lipinski definition) is 4. The number of carbonyl (C=O) groups is 2. The molecule has 27 heavy (non-hydrogen) atoms. The molecule has 0 radical (unpaired) electrons. The summed E-state index contributed by atoms with van der Waals surface area (Å²) in [6.45, 7) is 3.83. The standard InChI is InChI=1S/C21H22Br2O4/c1-3-21(4-2,19(24)26-13-15-5-9-17(22)10-6-15)20(25)27-14-16-7-11-18(23)12-8-16/h5-12H,3-4,13-14H2,1-2H3. The molecule has 0 bridgehead atoms. The van der Waals surface area contributed by atoms with Crippen LogP contribution in [0.4, 0.5) is 0 Å². The molecule has 144 valence electrons.